The van der Waals surface area contributed by atoms with Gasteiger partial charge in [0.15, 0.2) is 5.82 Å². The topological polar surface area (TPSA) is 77.0 Å². The number of thiophene rings is 1. The van der Waals surface area contributed by atoms with Crippen LogP contribution in [0.5, 0.6) is 0 Å². The summed E-state index contributed by atoms with van der Waals surface area (Å²) in [5.74, 6) is 1.38. The molecule has 5 nitrogen and oxygen atoms in total. The zero-order valence-electron chi connectivity index (χ0n) is 10.4. The normalized spacial score (nSPS) is 11.7. The number of rotatable bonds is 3. The maximum atomic E-state index is 8.94. The first-order valence-corrected chi connectivity index (χ1v) is 7.53. The van der Waals surface area contributed by atoms with Crippen LogP contribution in [-0.4, -0.2) is 26.2 Å². The van der Waals surface area contributed by atoms with E-state index in [9.17, 15) is 0 Å². The number of nitrogens with zero attached hydrogens (tertiary/aromatic N) is 3. The number of imidazole rings is 1. The minimum absolute atomic E-state index is 0.164. The van der Waals surface area contributed by atoms with Gasteiger partial charge in [0.05, 0.1) is 19.5 Å². The average Bonchev–Trinajstić information content (AvgIpc) is 2.88. The van der Waals surface area contributed by atoms with Gasteiger partial charge < -0.3 is 15.4 Å². The molecule has 3 aromatic rings. The molecule has 0 aromatic carbocycles. The minimum Gasteiger partial charge on any atom is -0.396 e. The van der Waals surface area contributed by atoms with Crippen LogP contribution >= 0.6 is 27.3 Å². The molecular formula is C12H13BrN4OS. The fourth-order valence-corrected chi connectivity index (χ4v) is 3.84. The van der Waals surface area contributed by atoms with Crippen molar-refractivity contribution in [3.05, 3.63) is 15.7 Å². The van der Waals surface area contributed by atoms with E-state index in [-0.39, 0.29) is 6.61 Å². The first-order valence-electron chi connectivity index (χ1n) is 5.92. The Morgan fingerprint density at radius 1 is 1.47 bits per heavy atom. The zero-order valence-corrected chi connectivity index (χ0v) is 12.8. The standard InChI is InChI=1S/C12H13BrN4OS/c1-17-8(3-2-4-18)16-9-10(17)11-6(15-12(9)14)5-7(13)19-11/h5,18H,2-4H2,1H3,(H2,14,15). The van der Waals surface area contributed by atoms with Gasteiger partial charge in [0, 0.05) is 20.1 Å². The summed E-state index contributed by atoms with van der Waals surface area (Å²) in [6.45, 7) is 0.164. The lowest BCUT2D eigenvalue weighted by atomic mass is 10.3. The largest absolute Gasteiger partial charge is 0.396 e. The van der Waals surface area contributed by atoms with E-state index in [0.717, 1.165) is 37.3 Å². The number of halogens is 1. The predicted molar refractivity (Wildman–Crippen MR) is 81.4 cm³/mol. The molecule has 3 N–H and O–H groups in total. The summed E-state index contributed by atoms with van der Waals surface area (Å²) in [6, 6.07) is 1.97. The van der Waals surface area contributed by atoms with Crippen LogP contribution in [0.4, 0.5) is 5.82 Å². The number of aliphatic hydroxyl groups is 1. The van der Waals surface area contributed by atoms with E-state index in [0.29, 0.717) is 12.2 Å². The molecule has 0 saturated carbocycles. The Bertz CT molecular complexity index is 764. The maximum Gasteiger partial charge on any atom is 0.152 e. The fourth-order valence-electron chi connectivity index (χ4n) is 2.23. The highest BCUT2D eigenvalue weighted by Crippen LogP contribution is 2.36. The molecule has 3 heterocycles. The number of nitrogen functional groups attached to an aromatic ring is 1. The van der Waals surface area contributed by atoms with Crippen molar-refractivity contribution in [3.8, 4) is 0 Å². The number of pyridine rings is 1. The molecular weight excluding hydrogens is 328 g/mol. The summed E-state index contributed by atoms with van der Waals surface area (Å²) in [6.07, 6.45) is 1.43. The van der Waals surface area contributed by atoms with Crippen molar-refractivity contribution in [1.82, 2.24) is 14.5 Å². The Kier molecular flexibility index (Phi) is 3.20. The van der Waals surface area contributed by atoms with Gasteiger partial charge in [-0.2, -0.15) is 0 Å². The van der Waals surface area contributed by atoms with E-state index >= 15 is 0 Å². The maximum absolute atomic E-state index is 8.94. The first kappa shape index (κ1) is 12.8. The van der Waals surface area contributed by atoms with Crippen molar-refractivity contribution in [2.45, 2.75) is 12.8 Å². The summed E-state index contributed by atoms with van der Waals surface area (Å²) in [5.41, 5.74) is 8.65. The van der Waals surface area contributed by atoms with E-state index < -0.39 is 0 Å². The molecule has 0 unspecified atom stereocenters. The Labute approximate surface area is 122 Å². The van der Waals surface area contributed by atoms with E-state index in [1.54, 1.807) is 11.3 Å². The van der Waals surface area contributed by atoms with Crippen LogP contribution in [0.25, 0.3) is 21.3 Å². The second-order valence-electron chi connectivity index (χ2n) is 4.37. The fraction of sp³-hybridized carbons (Fsp3) is 0.333. The molecule has 0 fully saturated rings. The monoisotopic (exact) mass is 340 g/mol. The summed E-state index contributed by atoms with van der Waals surface area (Å²) in [7, 11) is 1.98. The van der Waals surface area contributed by atoms with E-state index in [1.165, 1.54) is 0 Å². The van der Waals surface area contributed by atoms with Crippen LogP contribution in [0.1, 0.15) is 12.2 Å². The van der Waals surface area contributed by atoms with Crippen molar-refractivity contribution in [2.24, 2.45) is 7.05 Å². The van der Waals surface area contributed by atoms with Gasteiger partial charge in [0.1, 0.15) is 11.3 Å². The Hall–Kier alpha value is -1.18. The molecule has 3 aromatic heterocycles. The van der Waals surface area contributed by atoms with Crippen LogP contribution in [0.3, 0.4) is 0 Å². The molecule has 0 bridgehead atoms. The van der Waals surface area contributed by atoms with Gasteiger partial charge in [-0.1, -0.05) is 0 Å². The van der Waals surface area contributed by atoms with Gasteiger partial charge in [0.2, 0.25) is 0 Å². The minimum atomic E-state index is 0.164. The first-order chi connectivity index (χ1) is 9.11. The van der Waals surface area contributed by atoms with E-state index in [2.05, 4.69) is 25.9 Å². The predicted octanol–water partition coefficient (Wildman–Crippen LogP) is 2.45. The van der Waals surface area contributed by atoms with Crippen LogP contribution < -0.4 is 5.73 Å². The summed E-state index contributed by atoms with van der Waals surface area (Å²) < 4.78 is 4.16. The summed E-state index contributed by atoms with van der Waals surface area (Å²) in [4.78, 5) is 8.96. The second kappa shape index (κ2) is 4.73. The van der Waals surface area contributed by atoms with Gasteiger partial charge in [-0.05, 0) is 28.4 Å². The third-order valence-electron chi connectivity index (χ3n) is 3.13. The Balaban J connectivity index is 2.32. The van der Waals surface area contributed by atoms with Crippen LogP contribution in [0.2, 0.25) is 0 Å². The van der Waals surface area contributed by atoms with Crippen molar-refractivity contribution in [3.63, 3.8) is 0 Å². The number of nitrogens with two attached hydrogens (primary N) is 1. The molecule has 0 amide bonds. The number of hydrogen-bond acceptors (Lipinski definition) is 5. The third-order valence-corrected chi connectivity index (χ3v) is 4.76. The average molecular weight is 341 g/mol. The van der Waals surface area contributed by atoms with E-state index in [1.807, 2.05) is 17.7 Å². The number of aliphatic hydroxyl groups excluding tert-OH is 1. The number of hydrogen-bond donors (Lipinski definition) is 2. The smallest absolute Gasteiger partial charge is 0.152 e. The molecule has 7 heteroatoms. The second-order valence-corrected chi connectivity index (χ2v) is 6.80. The SMILES string of the molecule is Cn1c(CCCO)nc2c(N)nc3cc(Br)sc3c21. The molecule has 0 aliphatic rings. The molecule has 19 heavy (non-hydrogen) atoms. The van der Waals surface area contributed by atoms with Gasteiger partial charge in [-0.3, -0.25) is 0 Å². The van der Waals surface area contributed by atoms with Gasteiger partial charge in [-0.15, -0.1) is 11.3 Å². The molecule has 0 radical (unpaired) electrons. The molecule has 0 saturated heterocycles. The highest BCUT2D eigenvalue weighted by molar-refractivity contribution is 9.11. The lowest BCUT2D eigenvalue weighted by molar-refractivity contribution is 0.287. The van der Waals surface area contributed by atoms with Gasteiger partial charge >= 0.3 is 0 Å². The third kappa shape index (κ3) is 2.01. The molecule has 0 aliphatic carbocycles. The van der Waals surface area contributed by atoms with Crippen molar-refractivity contribution in [2.75, 3.05) is 12.3 Å². The van der Waals surface area contributed by atoms with E-state index in [4.69, 9.17) is 10.8 Å². The lowest BCUT2D eigenvalue weighted by Crippen LogP contribution is -1.99. The van der Waals surface area contributed by atoms with Gasteiger partial charge in [0.25, 0.3) is 0 Å². The summed E-state index contributed by atoms with van der Waals surface area (Å²) in [5, 5.41) is 8.94. The zero-order chi connectivity index (χ0) is 13.6. The quantitative estimate of drug-likeness (QED) is 0.767. The molecule has 0 atom stereocenters. The van der Waals surface area contributed by atoms with Crippen molar-refractivity contribution >= 4 is 54.3 Å². The Morgan fingerprint density at radius 2 is 2.26 bits per heavy atom. The van der Waals surface area contributed by atoms with Crippen LogP contribution in [-0.2, 0) is 13.5 Å². The van der Waals surface area contributed by atoms with Gasteiger partial charge in [-0.25, -0.2) is 9.97 Å². The van der Waals surface area contributed by atoms with Crippen molar-refractivity contribution < 1.29 is 5.11 Å². The lowest BCUT2D eigenvalue weighted by Gasteiger charge is -2.01. The molecule has 0 aliphatic heterocycles. The highest BCUT2D eigenvalue weighted by Gasteiger charge is 2.16. The summed E-state index contributed by atoms with van der Waals surface area (Å²) >= 11 is 5.11. The highest BCUT2D eigenvalue weighted by atomic mass is 79.9. The number of anilines is 1. The number of aryl methyl sites for hydroxylation is 2. The molecule has 0 spiro atoms. The van der Waals surface area contributed by atoms with Crippen molar-refractivity contribution in [1.29, 1.82) is 0 Å². The Morgan fingerprint density at radius 3 is 3.00 bits per heavy atom. The number of aromatic nitrogens is 3. The molecule has 100 valence electrons. The number of fused-ring (bicyclic) bond motifs is 3. The molecule has 3 rings (SSSR count). The van der Waals surface area contributed by atoms with Crippen LogP contribution in [0, 0.1) is 0 Å². The van der Waals surface area contributed by atoms with Crippen LogP contribution in [0.15, 0.2) is 9.85 Å².